The number of hydrogen-bond donors (Lipinski definition) is 1. The van der Waals surface area contributed by atoms with Crippen LogP contribution in [0.3, 0.4) is 0 Å². The van der Waals surface area contributed by atoms with Crippen LogP contribution in [0.15, 0.2) is 42.6 Å². The van der Waals surface area contributed by atoms with Gasteiger partial charge < -0.3 is 5.32 Å². The second-order valence-electron chi connectivity index (χ2n) is 5.14. The van der Waals surface area contributed by atoms with Crippen molar-refractivity contribution in [1.82, 2.24) is 10.3 Å². The van der Waals surface area contributed by atoms with Crippen molar-refractivity contribution in [3.63, 3.8) is 0 Å². The molecule has 1 heterocycles. The molecule has 104 valence electrons. The minimum absolute atomic E-state index is 0.0198. The van der Waals surface area contributed by atoms with Gasteiger partial charge in [-0.25, -0.2) is 0 Å². The van der Waals surface area contributed by atoms with E-state index in [4.69, 9.17) is 0 Å². The first-order valence-electron chi connectivity index (χ1n) is 6.82. The fraction of sp³-hybridized carbons (Fsp3) is 0.294. The Balaban J connectivity index is 1.97. The standard InChI is InChI=1S/C17H20N2O/c1-12-7-8-15(10-13(12)2)11-17(20)19-14(3)16-6-4-5-9-18-16/h4-10,14H,11H2,1-3H3,(H,19,20). The Morgan fingerprint density at radius 3 is 2.65 bits per heavy atom. The van der Waals surface area contributed by atoms with E-state index in [0.29, 0.717) is 6.42 Å². The molecular weight excluding hydrogens is 248 g/mol. The van der Waals surface area contributed by atoms with Gasteiger partial charge in [0, 0.05) is 6.20 Å². The number of hydrogen-bond acceptors (Lipinski definition) is 2. The summed E-state index contributed by atoms with van der Waals surface area (Å²) in [5.74, 6) is 0.0198. The summed E-state index contributed by atoms with van der Waals surface area (Å²) in [4.78, 5) is 16.3. The number of benzene rings is 1. The van der Waals surface area contributed by atoms with Gasteiger partial charge in [0.1, 0.15) is 0 Å². The highest BCUT2D eigenvalue weighted by molar-refractivity contribution is 5.79. The Morgan fingerprint density at radius 1 is 1.20 bits per heavy atom. The zero-order valence-electron chi connectivity index (χ0n) is 12.2. The van der Waals surface area contributed by atoms with Gasteiger partial charge in [-0.05, 0) is 49.6 Å². The molecule has 1 atom stereocenters. The largest absolute Gasteiger partial charge is 0.348 e. The first-order valence-corrected chi connectivity index (χ1v) is 6.82. The van der Waals surface area contributed by atoms with Crippen molar-refractivity contribution in [2.24, 2.45) is 0 Å². The van der Waals surface area contributed by atoms with Crippen molar-refractivity contribution < 1.29 is 4.79 Å². The predicted molar refractivity (Wildman–Crippen MR) is 80.4 cm³/mol. The van der Waals surface area contributed by atoms with E-state index in [9.17, 15) is 4.79 Å². The summed E-state index contributed by atoms with van der Waals surface area (Å²) in [5.41, 5.74) is 4.38. The topological polar surface area (TPSA) is 42.0 Å². The van der Waals surface area contributed by atoms with Crippen LogP contribution in [-0.2, 0) is 11.2 Å². The number of carbonyl (C=O) groups is 1. The summed E-state index contributed by atoms with van der Waals surface area (Å²) in [5, 5.41) is 2.98. The lowest BCUT2D eigenvalue weighted by Crippen LogP contribution is -2.28. The molecule has 0 radical (unpaired) electrons. The molecule has 0 bridgehead atoms. The summed E-state index contributed by atoms with van der Waals surface area (Å²) in [7, 11) is 0. The van der Waals surface area contributed by atoms with E-state index in [0.717, 1.165) is 11.3 Å². The highest BCUT2D eigenvalue weighted by Crippen LogP contribution is 2.12. The summed E-state index contributed by atoms with van der Waals surface area (Å²) in [6.07, 6.45) is 2.14. The van der Waals surface area contributed by atoms with Gasteiger partial charge in [0.05, 0.1) is 18.2 Å². The maximum Gasteiger partial charge on any atom is 0.224 e. The van der Waals surface area contributed by atoms with Crippen LogP contribution < -0.4 is 5.32 Å². The van der Waals surface area contributed by atoms with Gasteiger partial charge in [-0.3, -0.25) is 9.78 Å². The molecule has 0 aliphatic carbocycles. The molecule has 1 N–H and O–H groups in total. The van der Waals surface area contributed by atoms with Crippen LogP contribution in [0.2, 0.25) is 0 Å². The van der Waals surface area contributed by atoms with E-state index in [2.05, 4.69) is 36.3 Å². The van der Waals surface area contributed by atoms with Crippen molar-refractivity contribution in [1.29, 1.82) is 0 Å². The lowest BCUT2D eigenvalue weighted by molar-refractivity contribution is -0.121. The number of nitrogens with zero attached hydrogens (tertiary/aromatic N) is 1. The van der Waals surface area contributed by atoms with Crippen LogP contribution in [-0.4, -0.2) is 10.9 Å². The van der Waals surface area contributed by atoms with Gasteiger partial charge >= 0.3 is 0 Å². The summed E-state index contributed by atoms with van der Waals surface area (Å²) < 4.78 is 0. The molecule has 2 aromatic rings. The minimum atomic E-state index is -0.0738. The van der Waals surface area contributed by atoms with E-state index in [1.807, 2.05) is 31.2 Å². The van der Waals surface area contributed by atoms with E-state index in [1.165, 1.54) is 11.1 Å². The zero-order chi connectivity index (χ0) is 14.5. The van der Waals surface area contributed by atoms with Crippen LogP contribution in [0.5, 0.6) is 0 Å². The summed E-state index contributed by atoms with van der Waals surface area (Å²) in [6.45, 7) is 6.08. The number of amides is 1. The smallest absolute Gasteiger partial charge is 0.224 e. The third kappa shape index (κ3) is 3.67. The van der Waals surface area contributed by atoms with Gasteiger partial charge in [0.15, 0.2) is 0 Å². The maximum atomic E-state index is 12.1. The van der Waals surface area contributed by atoms with E-state index in [1.54, 1.807) is 6.20 Å². The first kappa shape index (κ1) is 14.3. The van der Waals surface area contributed by atoms with Crippen molar-refractivity contribution >= 4 is 5.91 Å². The molecule has 1 unspecified atom stereocenters. The average molecular weight is 268 g/mol. The number of nitrogens with one attached hydrogen (secondary N) is 1. The predicted octanol–water partition coefficient (Wildman–Crippen LogP) is 3.12. The van der Waals surface area contributed by atoms with Crippen molar-refractivity contribution in [2.75, 3.05) is 0 Å². The van der Waals surface area contributed by atoms with Crippen LogP contribution in [0, 0.1) is 13.8 Å². The lowest BCUT2D eigenvalue weighted by Gasteiger charge is -2.13. The molecule has 0 aliphatic rings. The van der Waals surface area contributed by atoms with Crippen molar-refractivity contribution in [2.45, 2.75) is 33.2 Å². The maximum absolute atomic E-state index is 12.1. The second-order valence-corrected chi connectivity index (χ2v) is 5.14. The molecule has 3 nitrogen and oxygen atoms in total. The Morgan fingerprint density at radius 2 is 2.00 bits per heavy atom. The van der Waals surface area contributed by atoms with Crippen molar-refractivity contribution in [3.05, 3.63) is 65.0 Å². The van der Waals surface area contributed by atoms with E-state index < -0.39 is 0 Å². The monoisotopic (exact) mass is 268 g/mol. The van der Waals surface area contributed by atoms with Crippen LogP contribution in [0.4, 0.5) is 0 Å². The van der Waals surface area contributed by atoms with Gasteiger partial charge in [-0.15, -0.1) is 0 Å². The Bertz CT molecular complexity index is 593. The molecule has 0 saturated heterocycles. The summed E-state index contributed by atoms with van der Waals surface area (Å²) >= 11 is 0. The molecule has 1 aromatic carbocycles. The highest BCUT2D eigenvalue weighted by atomic mass is 16.1. The average Bonchev–Trinajstić information content (AvgIpc) is 2.44. The molecule has 0 saturated carbocycles. The molecule has 0 fully saturated rings. The number of aryl methyl sites for hydroxylation is 2. The Hall–Kier alpha value is -2.16. The van der Waals surface area contributed by atoms with Crippen LogP contribution >= 0.6 is 0 Å². The second kappa shape index (κ2) is 6.33. The summed E-state index contributed by atoms with van der Waals surface area (Å²) in [6, 6.07) is 11.8. The minimum Gasteiger partial charge on any atom is -0.348 e. The Kier molecular flexibility index (Phi) is 4.51. The third-order valence-electron chi connectivity index (χ3n) is 3.44. The quantitative estimate of drug-likeness (QED) is 0.925. The van der Waals surface area contributed by atoms with Gasteiger partial charge in [-0.1, -0.05) is 24.3 Å². The van der Waals surface area contributed by atoms with Gasteiger partial charge in [0.25, 0.3) is 0 Å². The molecule has 1 amide bonds. The van der Waals surface area contributed by atoms with Crippen LogP contribution in [0.25, 0.3) is 0 Å². The third-order valence-corrected chi connectivity index (χ3v) is 3.44. The van der Waals surface area contributed by atoms with Crippen molar-refractivity contribution in [3.8, 4) is 0 Å². The lowest BCUT2D eigenvalue weighted by atomic mass is 10.0. The molecule has 3 heteroatoms. The fourth-order valence-corrected chi connectivity index (χ4v) is 2.10. The van der Waals surface area contributed by atoms with E-state index in [-0.39, 0.29) is 11.9 Å². The fourth-order valence-electron chi connectivity index (χ4n) is 2.10. The molecule has 0 spiro atoms. The first-order chi connectivity index (χ1) is 9.56. The number of carbonyl (C=O) groups excluding carboxylic acids is 1. The normalized spacial score (nSPS) is 11.9. The Labute approximate surface area is 120 Å². The van der Waals surface area contributed by atoms with Gasteiger partial charge in [-0.2, -0.15) is 0 Å². The molecule has 1 aromatic heterocycles. The van der Waals surface area contributed by atoms with Crippen LogP contribution in [0.1, 0.15) is 35.3 Å². The van der Waals surface area contributed by atoms with Gasteiger partial charge in [0.2, 0.25) is 5.91 Å². The highest BCUT2D eigenvalue weighted by Gasteiger charge is 2.11. The SMILES string of the molecule is Cc1ccc(CC(=O)NC(C)c2ccccn2)cc1C. The molecular formula is C17H20N2O. The number of aromatic nitrogens is 1. The molecule has 20 heavy (non-hydrogen) atoms. The zero-order valence-corrected chi connectivity index (χ0v) is 12.2. The van der Waals surface area contributed by atoms with E-state index >= 15 is 0 Å². The number of rotatable bonds is 4. The molecule has 0 aliphatic heterocycles. The molecule has 2 rings (SSSR count). The number of pyridine rings is 1.